The minimum Gasteiger partial charge on any atom is -0.492 e. The maximum Gasteiger partial charge on any atom is 0.407 e. The maximum atomic E-state index is 12.4. The molecule has 1 aliphatic rings. The van der Waals surface area contributed by atoms with E-state index in [2.05, 4.69) is 27.2 Å². The number of carbonyl (C=O) groups is 1. The Morgan fingerprint density at radius 1 is 1.20 bits per heavy atom. The number of sulfonamides is 1. The van der Waals surface area contributed by atoms with Crippen LogP contribution < -0.4 is 14.8 Å². The van der Waals surface area contributed by atoms with Gasteiger partial charge in [-0.3, -0.25) is 0 Å². The van der Waals surface area contributed by atoms with Gasteiger partial charge in [-0.15, -0.1) is 0 Å². The van der Waals surface area contributed by atoms with E-state index in [0.29, 0.717) is 18.7 Å². The summed E-state index contributed by atoms with van der Waals surface area (Å²) in [5.41, 5.74) is 3.35. The first-order chi connectivity index (χ1) is 16.9. The van der Waals surface area contributed by atoms with Crippen LogP contribution in [0.5, 0.6) is 5.75 Å². The Bertz CT molecular complexity index is 1260. The van der Waals surface area contributed by atoms with Crippen molar-refractivity contribution >= 4 is 16.1 Å². The molecular formula is C25H30N4O5S. The van der Waals surface area contributed by atoms with Gasteiger partial charge in [0.05, 0.1) is 0 Å². The highest BCUT2D eigenvalue weighted by atomic mass is 32.2. The van der Waals surface area contributed by atoms with Crippen LogP contribution in [0.1, 0.15) is 29.5 Å². The number of rotatable bonds is 10. The van der Waals surface area contributed by atoms with Gasteiger partial charge in [0.15, 0.2) is 0 Å². The summed E-state index contributed by atoms with van der Waals surface area (Å²) in [6, 6.07) is 15.9. The number of nitrogens with zero attached hydrogens (tertiary/aromatic N) is 2. The van der Waals surface area contributed by atoms with Crippen molar-refractivity contribution in [2.45, 2.75) is 36.9 Å². The number of aromatic nitrogens is 2. The lowest BCUT2D eigenvalue weighted by Crippen LogP contribution is -2.31. The van der Waals surface area contributed by atoms with Crippen LogP contribution in [0.15, 0.2) is 66.1 Å². The number of nitrogens with one attached hydrogen (secondary N) is 2. The second-order valence-electron chi connectivity index (χ2n) is 8.40. The lowest BCUT2D eigenvalue weighted by atomic mass is 9.92. The fourth-order valence-corrected chi connectivity index (χ4v) is 5.45. The number of carbonyl (C=O) groups excluding carboxylic acids is 1. The predicted octanol–water partition coefficient (Wildman–Crippen LogP) is 2.77. The number of hydrogen-bond acceptors (Lipinski definition) is 6. The van der Waals surface area contributed by atoms with Crippen LogP contribution >= 0.6 is 0 Å². The molecule has 3 aromatic rings. The van der Waals surface area contributed by atoms with Crippen molar-refractivity contribution < 1.29 is 22.7 Å². The molecule has 1 heterocycles. The van der Waals surface area contributed by atoms with E-state index < -0.39 is 16.1 Å². The van der Waals surface area contributed by atoms with Crippen LogP contribution in [-0.4, -0.2) is 49.9 Å². The highest BCUT2D eigenvalue weighted by molar-refractivity contribution is 7.89. The topological polar surface area (TPSA) is 112 Å². The summed E-state index contributed by atoms with van der Waals surface area (Å²) in [6.45, 7) is 2.61. The van der Waals surface area contributed by atoms with Crippen molar-refractivity contribution in [3.8, 4) is 5.75 Å². The van der Waals surface area contributed by atoms with E-state index in [1.165, 1.54) is 10.8 Å². The number of fused-ring (bicyclic) bond motifs is 1. The molecule has 0 bridgehead atoms. The molecule has 0 saturated carbocycles. The summed E-state index contributed by atoms with van der Waals surface area (Å²) in [4.78, 5) is 16.0. The van der Waals surface area contributed by atoms with Gasteiger partial charge in [-0.1, -0.05) is 36.4 Å². The fourth-order valence-electron chi connectivity index (χ4n) is 4.33. The van der Waals surface area contributed by atoms with Gasteiger partial charge in [0.2, 0.25) is 5.16 Å². The number of ether oxygens (including phenoxy) is 2. The largest absolute Gasteiger partial charge is 0.492 e. The summed E-state index contributed by atoms with van der Waals surface area (Å²) in [7, 11) is -2.09. The molecule has 0 fully saturated rings. The van der Waals surface area contributed by atoms with Gasteiger partial charge in [0.25, 0.3) is 10.0 Å². The molecule has 10 heteroatoms. The summed E-state index contributed by atoms with van der Waals surface area (Å²) in [6.07, 6.45) is 3.67. The lowest BCUT2D eigenvalue weighted by molar-refractivity contribution is 0.0885. The van der Waals surface area contributed by atoms with Crippen molar-refractivity contribution in [2.24, 2.45) is 7.05 Å². The molecule has 2 atom stereocenters. The average Bonchev–Trinajstić information content (AvgIpc) is 3.41. The third-order valence-electron chi connectivity index (χ3n) is 5.94. The number of alkyl carbamates (subject to hydrolysis) is 1. The molecule has 1 aromatic heterocycles. The van der Waals surface area contributed by atoms with Crippen molar-refractivity contribution in [1.82, 2.24) is 19.6 Å². The van der Waals surface area contributed by atoms with Crippen molar-refractivity contribution in [1.29, 1.82) is 0 Å². The standard InChI is InChI=1S/C25H30N4O5S/c1-3-26-25(30)34-23-16-19-9-10-20(17-21(19)22(23)15-18-7-5-4-6-8-18)33-14-12-28-35(31,32)24-27-11-13-29(24)2/h4-11,13,17,22-23,28H,3,12,14-16H2,1-2H3,(H,26,30). The number of benzene rings is 2. The number of hydrogen-bond donors (Lipinski definition) is 2. The van der Waals surface area contributed by atoms with E-state index in [4.69, 9.17) is 9.47 Å². The van der Waals surface area contributed by atoms with E-state index in [1.54, 1.807) is 13.2 Å². The van der Waals surface area contributed by atoms with Crippen LogP contribution in [0, 0.1) is 0 Å². The molecule has 0 saturated heterocycles. The van der Waals surface area contributed by atoms with Gasteiger partial charge in [-0.05, 0) is 42.2 Å². The van der Waals surface area contributed by atoms with Crippen molar-refractivity contribution in [3.63, 3.8) is 0 Å². The van der Waals surface area contributed by atoms with Crippen LogP contribution in [0.3, 0.4) is 0 Å². The third kappa shape index (κ3) is 6.01. The second-order valence-corrected chi connectivity index (χ2v) is 10.1. The molecular weight excluding hydrogens is 468 g/mol. The normalized spacial score (nSPS) is 17.1. The lowest BCUT2D eigenvalue weighted by Gasteiger charge is -2.21. The van der Waals surface area contributed by atoms with Crippen molar-refractivity contribution in [3.05, 3.63) is 77.6 Å². The van der Waals surface area contributed by atoms with E-state index in [1.807, 2.05) is 43.3 Å². The summed E-state index contributed by atoms with van der Waals surface area (Å²) in [5.74, 6) is 0.622. The maximum absolute atomic E-state index is 12.4. The Balaban J connectivity index is 1.43. The molecule has 186 valence electrons. The Hall–Kier alpha value is -3.37. The van der Waals surface area contributed by atoms with E-state index >= 15 is 0 Å². The first-order valence-electron chi connectivity index (χ1n) is 11.6. The molecule has 2 N–H and O–H groups in total. The average molecular weight is 499 g/mol. The SMILES string of the molecule is CCNC(=O)OC1Cc2ccc(OCCNS(=O)(=O)c3nccn3C)cc2C1Cc1ccccc1. The zero-order valence-electron chi connectivity index (χ0n) is 19.8. The fraction of sp³-hybridized carbons (Fsp3) is 0.360. The number of amides is 1. The Labute approximate surface area is 205 Å². The third-order valence-corrected chi connectivity index (χ3v) is 7.40. The minimum absolute atomic E-state index is 0.0134. The molecule has 35 heavy (non-hydrogen) atoms. The molecule has 1 amide bonds. The molecule has 2 aromatic carbocycles. The second kappa shape index (κ2) is 10.9. The van der Waals surface area contributed by atoms with Crippen LogP contribution in [0.25, 0.3) is 0 Å². The van der Waals surface area contributed by atoms with Gasteiger partial charge >= 0.3 is 6.09 Å². The zero-order valence-corrected chi connectivity index (χ0v) is 20.6. The van der Waals surface area contributed by atoms with Gasteiger partial charge in [-0.25, -0.2) is 22.9 Å². The Morgan fingerprint density at radius 2 is 2.00 bits per heavy atom. The first kappa shape index (κ1) is 24.7. The van der Waals surface area contributed by atoms with Gasteiger partial charge in [-0.2, -0.15) is 0 Å². The first-order valence-corrected chi connectivity index (χ1v) is 13.1. The molecule has 0 radical (unpaired) electrons. The van der Waals surface area contributed by atoms with Crippen LogP contribution in [-0.2, 0) is 34.6 Å². The summed E-state index contributed by atoms with van der Waals surface area (Å²) >= 11 is 0. The molecule has 4 rings (SSSR count). The quantitative estimate of drug-likeness (QED) is 0.416. The molecule has 0 aliphatic heterocycles. The van der Waals surface area contributed by atoms with E-state index in [0.717, 1.165) is 23.1 Å². The van der Waals surface area contributed by atoms with Crippen LogP contribution in [0.4, 0.5) is 4.79 Å². The van der Waals surface area contributed by atoms with Gasteiger partial charge in [0.1, 0.15) is 18.5 Å². The van der Waals surface area contributed by atoms with E-state index in [-0.39, 0.29) is 30.3 Å². The van der Waals surface area contributed by atoms with Gasteiger partial charge < -0.3 is 19.4 Å². The Kier molecular flexibility index (Phi) is 7.72. The molecule has 1 aliphatic carbocycles. The van der Waals surface area contributed by atoms with Gasteiger partial charge in [0, 0.05) is 44.9 Å². The highest BCUT2D eigenvalue weighted by Gasteiger charge is 2.35. The highest BCUT2D eigenvalue weighted by Crippen LogP contribution is 2.39. The minimum atomic E-state index is -3.71. The van der Waals surface area contributed by atoms with Crippen LogP contribution in [0.2, 0.25) is 0 Å². The molecule has 9 nitrogen and oxygen atoms in total. The monoisotopic (exact) mass is 498 g/mol. The smallest absolute Gasteiger partial charge is 0.407 e. The molecule has 2 unspecified atom stereocenters. The summed E-state index contributed by atoms with van der Waals surface area (Å²) in [5, 5.41) is 2.66. The van der Waals surface area contributed by atoms with E-state index in [9.17, 15) is 13.2 Å². The zero-order chi connectivity index (χ0) is 24.8. The number of imidazole rings is 1. The van der Waals surface area contributed by atoms with Crippen molar-refractivity contribution in [2.75, 3.05) is 19.7 Å². The Morgan fingerprint density at radius 3 is 2.71 bits per heavy atom. The number of aryl methyl sites for hydroxylation is 1. The predicted molar refractivity (Wildman–Crippen MR) is 131 cm³/mol. The molecule has 0 spiro atoms. The summed E-state index contributed by atoms with van der Waals surface area (Å²) < 4.78 is 40.3.